The molecule has 0 aliphatic heterocycles. The van der Waals surface area contributed by atoms with Gasteiger partial charge in [0.15, 0.2) is 0 Å². The highest BCUT2D eigenvalue weighted by molar-refractivity contribution is 6.31. The first kappa shape index (κ1) is 31.8. The maximum absolute atomic E-state index is 3.81. The van der Waals surface area contributed by atoms with Crippen LogP contribution in [-0.2, 0) is 0 Å². The Morgan fingerprint density at radius 1 is 0.263 bits per heavy atom. The Bertz CT molecular complexity index is 3510. The molecule has 0 aliphatic carbocycles. The van der Waals surface area contributed by atoms with Crippen molar-refractivity contribution in [2.45, 2.75) is 0 Å². The molecule has 0 aliphatic rings. The second-order valence-electron chi connectivity index (χ2n) is 15.3. The quantitative estimate of drug-likeness (QED) is 0.138. The molecule has 0 fully saturated rings. The van der Waals surface area contributed by atoms with E-state index in [1.165, 1.54) is 115 Å². The first-order valence-corrected chi connectivity index (χ1v) is 19.8. The van der Waals surface area contributed by atoms with Crippen LogP contribution < -0.4 is 0 Å². The molecule has 1 N–H and O–H groups in total. The van der Waals surface area contributed by atoms with Crippen LogP contribution in [0.4, 0.5) is 0 Å². The highest BCUT2D eigenvalue weighted by Gasteiger charge is 2.18. The molecule has 0 unspecified atom stereocenters. The molecule has 1 aromatic heterocycles. The summed E-state index contributed by atoms with van der Waals surface area (Å²) in [4.78, 5) is 3.81. The maximum atomic E-state index is 3.81. The number of aromatic amines is 1. The summed E-state index contributed by atoms with van der Waals surface area (Å²) in [6, 6.07) is 75.9. The summed E-state index contributed by atoms with van der Waals surface area (Å²) in [6.45, 7) is 0. The van der Waals surface area contributed by atoms with Gasteiger partial charge in [-0.05, 0) is 111 Å². The lowest BCUT2D eigenvalue weighted by Crippen LogP contribution is -1.91. The molecule has 0 amide bonds. The SMILES string of the molecule is c1cc(-c2ccc3[nH]c4c5ccccc5c5ccccc5c4c3c2)cc(-c2c3ccccc3c(-c3ccc(-c4cccc5ccccc45)cc3)c3ccccc23)c1. The number of aromatic nitrogens is 1. The molecule has 0 saturated heterocycles. The third-order valence-electron chi connectivity index (χ3n) is 12.2. The monoisotopic (exact) mass is 721 g/mol. The number of hydrogen-bond donors (Lipinski definition) is 1. The van der Waals surface area contributed by atoms with E-state index in [1.54, 1.807) is 0 Å². The Kier molecular flexibility index (Phi) is 7.00. The molecule has 12 rings (SSSR count). The van der Waals surface area contributed by atoms with E-state index in [2.05, 4.69) is 211 Å². The highest BCUT2D eigenvalue weighted by atomic mass is 14.7. The van der Waals surface area contributed by atoms with Crippen molar-refractivity contribution < 1.29 is 0 Å². The number of hydrogen-bond acceptors (Lipinski definition) is 0. The van der Waals surface area contributed by atoms with E-state index in [9.17, 15) is 0 Å². The summed E-state index contributed by atoms with van der Waals surface area (Å²) < 4.78 is 0. The fourth-order valence-electron chi connectivity index (χ4n) is 9.62. The second kappa shape index (κ2) is 12.5. The lowest BCUT2D eigenvalue weighted by atomic mass is 9.85. The van der Waals surface area contributed by atoms with Gasteiger partial charge in [-0.1, -0.05) is 188 Å². The van der Waals surface area contributed by atoms with Gasteiger partial charge in [0.2, 0.25) is 0 Å². The molecule has 12 aromatic rings. The van der Waals surface area contributed by atoms with Crippen LogP contribution in [-0.4, -0.2) is 4.98 Å². The fraction of sp³-hybridized carbons (Fsp3) is 0. The van der Waals surface area contributed by atoms with Crippen molar-refractivity contribution in [3.05, 3.63) is 206 Å². The zero-order valence-corrected chi connectivity index (χ0v) is 31.1. The fourth-order valence-corrected chi connectivity index (χ4v) is 9.62. The van der Waals surface area contributed by atoms with Gasteiger partial charge in [0.25, 0.3) is 0 Å². The Morgan fingerprint density at radius 2 is 0.737 bits per heavy atom. The van der Waals surface area contributed by atoms with Crippen LogP contribution >= 0.6 is 0 Å². The summed E-state index contributed by atoms with van der Waals surface area (Å²) in [5.41, 5.74) is 12.2. The van der Waals surface area contributed by atoms with Gasteiger partial charge >= 0.3 is 0 Å². The molecule has 0 spiro atoms. The van der Waals surface area contributed by atoms with Crippen LogP contribution in [0.3, 0.4) is 0 Å². The minimum Gasteiger partial charge on any atom is -0.354 e. The van der Waals surface area contributed by atoms with Crippen molar-refractivity contribution in [1.29, 1.82) is 0 Å². The smallest absolute Gasteiger partial charge is 0.0551 e. The van der Waals surface area contributed by atoms with Gasteiger partial charge in [-0.15, -0.1) is 0 Å². The highest BCUT2D eigenvalue weighted by Crippen LogP contribution is 2.45. The number of nitrogens with one attached hydrogen (secondary N) is 1. The van der Waals surface area contributed by atoms with E-state index in [1.807, 2.05) is 0 Å². The molecule has 57 heavy (non-hydrogen) atoms. The molecular weight excluding hydrogens is 687 g/mol. The summed E-state index contributed by atoms with van der Waals surface area (Å²) >= 11 is 0. The van der Waals surface area contributed by atoms with Crippen LogP contribution in [0.2, 0.25) is 0 Å². The van der Waals surface area contributed by atoms with Crippen LogP contribution in [0.1, 0.15) is 0 Å². The average molecular weight is 722 g/mol. The molecule has 264 valence electrons. The minimum atomic E-state index is 1.16. The Morgan fingerprint density at radius 3 is 1.44 bits per heavy atom. The van der Waals surface area contributed by atoms with E-state index in [4.69, 9.17) is 0 Å². The molecule has 0 radical (unpaired) electrons. The van der Waals surface area contributed by atoms with Gasteiger partial charge in [-0.2, -0.15) is 0 Å². The predicted molar refractivity (Wildman–Crippen MR) is 245 cm³/mol. The zero-order chi connectivity index (χ0) is 37.5. The lowest BCUT2D eigenvalue weighted by Gasteiger charge is -2.18. The van der Waals surface area contributed by atoms with E-state index in [0.717, 1.165) is 5.52 Å². The topological polar surface area (TPSA) is 15.8 Å². The Hall–Kier alpha value is -7.48. The van der Waals surface area contributed by atoms with Gasteiger partial charge in [-0.25, -0.2) is 0 Å². The number of rotatable bonds is 4. The van der Waals surface area contributed by atoms with Crippen LogP contribution in [0, 0.1) is 0 Å². The zero-order valence-electron chi connectivity index (χ0n) is 31.1. The van der Waals surface area contributed by atoms with Crippen molar-refractivity contribution in [2.24, 2.45) is 0 Å². The summed E-state index contributed by atoms with van der Waals surface area (Å²) in [6.07, 6.45) is 0. The van der Waals surface area contributed by atoms with Crippen molar-refractivity contribution >= 4 is 75.7 Å². The van der Waals surface area contributed by atoms with Crippen LogP contribution in [0.15, 0.2) is 206 Å². The number of benzene rings is 11. The lowest BCUT2D eigenvalue weighted by molar-refractivity contribution is 1.56. The van der Waals surface area contributed by atoms with Gasteiger partial charge in [0.1, 0.15) is 0 Å². The van der Waals surface area contributed by atoms with Crippen molar-refractivity contribution in [3.8, 4) is 44.5 Å². The number of H-pyrrole nitrogens is 1. The van der Waals surface area contributed by atoms with E-state index < -0.39 is 0 Å². The molecule has 1 heteroatoms. The summed E-state index contributed by atoms with van der Waals surface area (Å²) in [5, 5.41) is 15.2. The molecule has 0 atom stereocenters. The minimum absolute atomic E-state index is 1.16. The molecule has 1 heterocycles. The third-order valence-corrected chi connectivity index (χ3v) is 12.2. The first-order valence-electron chi connectivity index (χ1n) is 19.8. The number of fused-ring (bicyclic) bond motifs is 11. The van der Waals surface area contributed by atoms with Crippen LogP contribution in [0.25, 0.3) is 120 Å². The maximum Gasteiger partial charge on any atom is 0.0551 e. The standard InChI is InChI=1S/C56H35N/c1-2-17-41-35(13-1)14-12-26-42(41)36-27-29-37(30-28-36)53-46-21-6-8-23-48(46)54(49-24-9-7-22-47(49)53)40-16-11-15-38(33-40)39-31-32-52-51(34-39)55-45-20-5-3-18-43(45)44-19-4-10-25-50(44)56(55)57-52/h1-34,57H. The molecule has 0 saturated carbocycles. The summed E-state index contributed by atoms with van der Waals surface area (Å²) in [5.74, 6) is 0. The van der Waals surface area contributed by atoms with Crippen molar-refractivity contribution in [2.75, 3.05) is 0 Å². The second-order valence-corrected chi connectivity index (χ2v) is 15.3. The first-order chi connectivity index (χ1) is 28.3. The van der Waals surface area contributed by atoms with Gasteiger partial charge in [-0.3, -0.25) is 0 Å². The average Bonchev–Trinajstić information content (AvgIpc) is 3.68. The Balaban J connectivity index is 1.02. The van der Waals surface area contributed by atoms with Crippen molar-refractivity contribution in [1.82, 2.24) is 4.98 Å². The van der Waals surface area contributed by atoms with E-state index >= 15 is 0 Å². The van der Waals surface area contributed by atoms with Gasteiger partial charge in [0, 0.05) is 21.7 Å². The Labute approximate surface area is 330 Å². The van der Waals surface area contributed by atoms with Gasteiger partial charge < -0.3 is 4.98 Å². The molecule has 1 nitrogen and oxygen atoms in total. The van der Waals surface area contributed by atoms with Crippen molar-refractivity contribution in [3.63, 3.8) is 0 Å². The van der Waals surface area contributed by atoms with Crippen LogP contribution in [0.5, 0.6) is 0 Å². The predicted octanol–water partition coefficient (Wildman–Crippen LogP) is 15.8. The molecule has 11 aromatic carbocycles. The van der Waals surface area contributed by atoms with E-state index in [-0.39, 0.29) is 0 Å². The normalized spacial score (nSPS) is 11.9. The third kappa shape index (κ3) is 4.89. The van der Waals surface area contributed by atoms with Gasteiger partial charge in [0.05, 0.1) is 5.52 Å². The summed E-state index contributed by atoms with van der Waals surface area (Å²) in [7, 11) is 0. The van der Waals surface area contributed by atoms with E-state index in [0.29, 0.717) is 0 Å². The molecular formula is C56H35N. The largest absolute Gasteiger partial charge is 0.354 e. The molecule has 0 bridgehead atoms.